The summed E-state index contributed by atoms with van der Waals surface area (Å²) in [5, 5.41) is 11.2. The maximum Gasteiger partial charge on any atom is 0.0831 e. The lowest BCUT2D eigenvalue weighted by atomic mass is 9.59. The molecule has 21 heavy (non-hydrogen) atoms. The van der Waals surface area contributed by atoms with Gasteiger partial charge in [-0.05, 0) is 79.0 Å². The van der Waals surface area contributed by atoms with Crippen LogP contribution in [-0.4, -0.2) is 5.11 Å². The predicted molar refractivity (Wildman–Crippen MR) is 86.3 cm³/mol. The first-order valence-corrected chi connectivity index (χ1v) is 8.51. The van der Waals surface area contributed by atoms with Crippen LogP contribution in [0.1, 0.15) is 68.4 Å². The number of rotatable bonds is 0. The molecular formula is C20H26O. The largest absolute Gasteiger partial charge is 0.388 e. The number of benzene rings is 1. The van der Waals surface area contributed by atoms with E-state index in [1.807, 2.05) is 0 Å². The summed E-state index contributed by atoms with van der Waals surface area (Å²) in [6.45, 7) is 7.03. The molecule has 2 bridgehead atoms. The van der Waals surface area contributed by atoms with Gasteiger partial charge in [0.05, 0.1) is 6.10 Å². The van der Waals surface area contributed by atoms with Gasteiger partial charge in [-0.15, -0.1) is 0 Å². The molecular weight excluding hydrogens is 256 g/mol. The minimum atomic E-state index is -0.270. The van der Waals surface area contributed by atoms with Crippen molar-refractivity contribution in [2.75, 3.05) is 0 Å². The highest BCUT2D eigenvalue weighted by Gasteiger charge is 2.44. The van der Waals surface area contributed by atoms with E-state index < -0.39 is 0 Å². The zero-order chi connectivity index (χ0) is 14.8. The summed E-state index contributed by atoms with van der Waals surface area (Å²) in [4.78, 5) is 0. The molecule has 112 valence electrons. The van der Waals surface area contributed by atoms with E-state index in [0.29, 0.717) is 5.92 Å². The molecule has 0 aliphatic heterocycles. The SMILES string of the molecule is CC1=C2CCc3ccc4c(c3C(O)C(CC1)C2(C)C)CC4. The third-order valence-corrected chi connectivity index (χ3v) is 6.56. The fraction of sp³-hybridized carbons (Fsp3) is 0.600. The molecule has 0 saturated carbocycles. The Morgan fingerprint density at radius 3 is 2.43 bits per heavy atom. The van der Waals surface area contributed by atoms with Crippen molar-refractivity contribution < 1.29 is 5.11 Å². The maximum atomic E-state index is 11.2. The molecule has 2 unspecified atom stereocenters. The van der Waals surface area contributed by atoms with Crippen molar-refractivity contribution in [3.05, 3.63) is 45.5 Å². The highest BCUT2D eigenvalue weighted by atomic mass is 16.3. The Morgan fingerprint density at radius 1 is 1.00 bits per heavy atom. The average Bonchev–Trinajstić information content (AvgIpc) is 2.38. The highest BCUT2D eigenvalue weighted by Crippen LogP contribution is 2.54. The van der Waals surface area contributed by atoms with E-state index in [1.54, 1.807) is 11.1 Å². The number of aryl methyl sites for hydroxylation is 2. The normalized spacial score (nSPS) is 29.9. The summed E-state index contributed by atoms with van der Waals surface area (Å²) >= 11 is 0. The molecule has 0 spiro atoms. The van der Waals surface area contributed by atoms with Crippen molar-refractivity contribution in [1.29, 1.82) is 0 Å². The second-order valence-electron chi connectivity index (χ2n) is 7.85. The Labute approximate surface area is 128 Å². The molecule has 1 heteroatoms. The van der Waals surface area contributed by atoms with Crippen LogP contribution in [-0.2, 0) is 19.3 Å². The van der Waals surface area contributed by atoms with Crippen molar-refractivity contribution in [1.82, 2.24) is 0 Å². The van der Waals surface area contributed by atoms with E-state index in [2.05, 4.69) is 32.9 Å². The van der Waals surface area contributed by atoms with E-state index >= 15 is 0 Å². The van der Waals surface area contributed by atoms with Crippen molar-refractivity contribution in [2.45, 2.75) is 65.4 Å². The van der Waals surface area contributed by atoms with Gasteiger partial charge >= 0.3 is 0 Å². The molecule has 0 amide bonds. The highest BCUT2D eigenvalue weighted by molar-refractivity contribution is 5.49. The third-order valence-electron chi connectivity index (χ3n) is 6.56. The topological polar surface area (TPSA) is 20.2 Å². The van der Waals surface area contributed by atoms with Gasteiger partial charge in [0.15, 0.2) is 0 Å². The lowest BCUT2D eigenvalue weighted by Crippen LogP contribution is -2.37. The fourth-order valence-corrected chi connectivity index (χ4v) is 5.16. The maximum absolute atomic E-state index is 11.2. The lowest BCUT2D eigenvalue weighted by Gasteiger charge is -2.47. The lowest BCUT2D eigenvalue weighted by molar-refractivity contribution is 0.0322. The van der Waals surface area contributed by atoms with E-state index in [9.17, 15) is 5.11 Å². The molecule has 0 radical (unpaired) electrons. The minimum absolute atomic E-state index is 0.145. The van der Waals surface area contributed by atoms with Gasteiger partial charge in [0.2, 0.25) is 0 Å². The molecule has 3 aliphatic rings. The third kappa shape index (κ3) is 1.80. The van der Waals surface area contributed by atoms with Crippen LogP contribution in [0.25, 0.3) is 0 Å². The molecule has 1 aromatic rings. The quantitative estimate of drug-likeness (QED) is 0.694. The Balaban J connectivity index is 1.89. The predicted octanol–water partition coefficient (Wildman–Crippen LogP) is 4.52. The van der Waals surface area contributed by atoms with Crippen molar-refractivity contribution in [2.24, 2.45) is 11.3 Å². The van der Waals surface area contributed by atoms with Gasteiger partial charge in [-0.25, -0.2) is 0 Å². The van der Waals surface area contributed by atoms with E-state index in [-0.39, 0.29) is 11.5 Å². The van der Waals surface area contributed by atoms with Crippen LogP contribution < -0.4 is 0 Å². The summed E-state index contributed by atoms with van der Waals surface area (Å²) in [6, 6.07) is 4.59. The Morgan fingerprint density at radius 2 is 1.71 bits per heavy atom. The van der Waals surface area contributed by atoms with E-state index in [1.165, 1.54) is 47.9 Å². The molecule has 0 heterocycles. The van der Waals surface area contributed by atoms with Crippen LogP contribution in [0.4, 0.5) is 0 Å². The van der Waals surface area contributed by atoms with Gasteiger partial charge in [-0.2, -0.15) is 0 Å². The monoisotopic (exact) mass is 282 g/mol. The summed E-state index contributed by atoms with van der Waals surface area (Å²) in [6.07, 6.45) is 6.68. The number of fused-ring (bicyclic) bond motifs is 5. The summed E-state index contributed by atoms with van der Waals surface area (Å²) in [5.74, 6) is 0.377. The number of hydrogen-bond donors (Lipinski definition) is 1. The van der Waals surface area contributed by atoms with Crippen LogP contribution >= 0.6 is 0 Å². The molecule has 3 aliphatic carbocycles. The van der Waals surface area contributed by atoms with Crippen LogP contribution in [0.15, 0.2) is 23.3 Å². The molecule has 0 fully saturated rings. The van der Waals surface area contributed by atoms with Crippen molar-refractivity contribution >= 4 is 0 Å². The second-order valence-corrected chi connectivity index (χ2v) is 7.85. The summed E-state index contributed by atoms with van der Waals surface area (Å²) in [5.41, 5.74) is 9.02. The van der Waals surface area contributed by atoms with Crippen LogP contribution in [0, 0.1) is 11.3 Å². The van der Waals surface area contributed by atoms with Gasteiger partial charge in [0.25, 0.3) is 0 Å². The van der Waals surface area contributed by atoms with Gasteiger partial charge in [-0.1, -0.05) is 37.1 Å². The molecule has 2 atom stereocenters. The van der Waals surface area contributed by atoms with Gasteiger partial charge in [0, 0.05) is 0 Å². The smallest absolute Gasteiger partial charge is 0.0831 e. The summed E-state index contributed by atoms with van der Waals surface area (Å²) in [7, 11) is 0. The zero-order valence-corrected chi connectivity index (χ0v) is 13.5. The number of aliphatic hydroxyl groups is 1. The number of aliphatic hydroxyl groups excluding tert-OH is 1. The van der Waals surface area contributed by atoms with Crippen molar-refractivity contribution in [3.8, 4) is 0 Å². The summed E-state index contributed by atoms with van der Waals surface area (Å²) < 4.78 is 0. The van der Waals surface area contributed by atoms with E-state index in [0.717, 1.165) is 12.8 Å². The molecule has 1 nitrogen and oxygen atoms in total. The standard InChI is InChI=1S/C20H26O/c1-12-4-10-17-19(21)18-14(6-5-13-7-9-15(13)18)8-11-16(12)20(17,2)3/h5-6,17,19,21H,4,7-11H2,1-3H3. The van der Waals surface area contributed by atoms with Gasteiger partial charge in [-0.3, -0.25) is 0 Å². The Kier molecular flexibility index (Phi) is 2.88. The first-order chi connectivity index (χ1) is 10.00. The van der Waals surface area contributed by atoms with E-state index in [4.69, 9.17) is 0 Å². The minimum Gasteiger partial charge on any atom is -0.388 e. The van der Waals surface area contributed by atoms with Gasteiger partial charge < -0.3 is 5.11 Å². The van der Waals surface area contributed by atoms with Crippen LogP contribution in [0.5, 0.6) is 0 Å². The average molecular weight is 282 g/mol. The second kappa shape index (κ2) is 4.46. The van der Waals surface area contributed by atoms with Gasteiger partial charge in [0.1, 0.15) is 0 Å². The first-order valence-electron chi connectivity index (χ1n) is 8.51. The molecule has 0 aromatic heterocycles. The Bertz CT molecular complexity index is 635. The number of hydrogen-bond acceptors (Lipinski definition) is 1. The first kappa shape index (κ1) is 13.6. The Hall–Kier alpha value is -1.08. The molecule has 4 rings (SSSR count). The van der Waals surface area contributed by atoms with Crippen LogP contribution in [0.2, 0.25) is 0 Å². The molecule has 1 aromatic carbocycles. The zero-order valence-electron chi connectivity index (χ0n) is 13.5. The molecule has 1 N–H and O–H groups in total. The van der Waals surface area contributed by atoms with Crippen molar-refractivity contribution in [3.63, 3.8) is 0 Å². The van der Waals surface area contributed by atoms with Crippen LogP contribution in [0.3, 0.4) is 0 Å². The number of allylic oxidation sites excluding steroid dienone is 2. The molecule has 0 saturated heterocycles. The fourth-order valence-electron chi connectivity index (χ4n) is 5.16.